The van der Waals surface area contributed by atoms with Gasteiger partial charge in [0.15, 0.2) is 52.4 Å². The average Bonchev–Trinajstić information content (AvgIpc) is 0.984. The van der Waals surface area contributed by atoms with Crippen LogP contribution in [0.1, 0.15) is 116 Å². The molecule has 0 bridgehead atoms. The van der Waals surface area contributed by atoms with Crippen LogP contribution in [-0.2, 0) is 32.5 Å². The molecule has 0 N–H and O–H groups in total. The number of rotatable bonds is 11. The van der Waals surface area contributed by atoms with E-state index in [2.05, 4.69) is 350 Å². The monoisotopic (exact) mass is 1660 g/mol. The largest absolute Gasteiger partial charge is 0.208 e. The molecule has 15 aromatic carbocycles. The fourth-order valence-corrected chi connectivity index (χ4v) is 20.0. The summed E-state index contributed by atoms with van der Waals surface area (Å²) in [6.07, 6.45) is 0. The molecular weight excluding hydrogens is 1560 g/mol. The molecule has 10 heteroatoms. The molecule has 127 heavy (non-hydrogen) atoms. The molecule has 0 saturated carbocycles. The van der Waals surface area contributed by atoms with Gasteiger partial charge in [-0.05, 0) is 170 Å². The summed E-state index contributed by atoms with van der Waals surface area (Å²) in [4.78, 5) is 45.0. The van der Waals surface area contributed by atoms with Crippen LogP contribution in [0, 0.1) is 0 Å². The third-order valence-corrected chi connectivity index (χ3v) is 29.5. The van der Waals surface area contributed by atoms with Crippen molar-refractivity contribution in [3.05, 3.63) is 403 Å². The molecule has 0 amide bonds. The molecule has 616 valence electrons. The molecule has 0 atom stereocenters. The lowest BCUT2D eigenvalue weighted by atomic mass is 9.55. The molecule has 0 spiro atoms. The highest BCUT2D eigenvalue weighted by atomic mass is 32.1. The van der Waals surface area contributed by atoms with Gasteiger partial charge in [0, 0.05) is 70.2 Å². The zero-order chi connectivity index (χ0) is 87.1. The van der Waals surface area contributed by atoms with E-state index < -0.39 is 0 Å². The van der Waals surface area contributed by atoms with Gasteiger partial charge in [-0.25, -0.2) is 44.9 Å². The van der Waals surface area contributed by atoms with Crippen molar-refractivity contribution in [2.45, 2.75) is 116 Å². The van der Waals surface area contributed by atoms with Crippen molar-refractivity contribution in [1.82, 2.24) is 44.9 Å². The smallest absolute Gasteiger partial charge is 0.164 e. The van der Waals surface area contributed by atoms with Gasteiger partial charge in [0.25, 0.3) is 0 Å². The van der Waals surface area contributed by atoms with Gasteiger partial charge in [0.1, 0.15) is 0 Å². The Morgan fingerprint density at radius 1 is 0.150 bits per heavy atom. The summed E-state index contributed by atoms with van der Waals surface area (Å²) < 4.78 is 2.55. The Hall–Kier alpha value is -14.5. The summed E-state index contributed by atoms with van der Waals surface area (Å²) in [7, 11) is 0. The number of hydrogen-bond acceptors (Lipinski definition) is 10. The number of nitrogens with zero attached hydrogens (tertiary/aromatic N) is 9. The van der Waals surface area contributed by atoms with E-state index in [-0.39, 0.29) is 32.5 Å². The number of thiophene rings is 1. The van der Waals surface area contributed by atoms with Crippen LogP contribution in [0.25, 0.3) is 178 Å². The maximum atomic E-state index is 5.12. The summed E-state index contributed by atoms with van der Waals surface area (Å²) in [6, 6.07) is 130. The molecule has 22 rings (SSSR count). The molecular formula is C117H97N9S. The van der Waals surface area contributed by atoms with Crippen molar-refractivity contribution in [2.24, 2.45) is 0 Å². The highest BCUT2D eigenvalue weighted by molar-refractivity contribution is 7.25. The second-order valence-electron chi connectivity index (χ2n) is 36.9. The van der Waals surface area contributed by atoms with E-state index in [0.29, 0.717) is 52.4 Å². The summed E-state index contributed by atoms with van der Waals surface area (Å²) >= 11 is 1.82. The zero-order valence-electron chi connectivity index (χ0n) is 73.7. The number of fused-ring (bicyclic) bond motifs is 12. The van der Waals surface area contributed by atoms with Gasteiger partial charge in [-0.1, -0.05) is 405 Å². The van der Waals surface area contributed by atoms with Gasteiger partial charge in [-0.3, -0.25) is 0 Å². The molecule has 0 aliphatic heterocycles. The Bertz CT molecular complexity index is 7360. The van der Waals surface area contributed by atoms with Crippen LogP contribution >= 0.6 is 11.3 Å². The Labute approximate surface area is 748 Å². The van der Waals surface area contributed by atoms with Crippen LogP contribution in [0.5, 0.6) is 0 Å². The van der Waals surface area contributed by atoms with E-state index in [1.165, 1.54) is 98.1 Å². The molecule has 0 radical (unpaired) electrons. The normalized spacial score (nSPS) is 14.7. The van der Waals surface area contributed by atoms with Crippen molar-refractivity contribution in [3.63, 3.8) is 0 Å². The predicted molar refractivity (Wildman–Crippen MR) is 527 cm³/mol. The maximum Gasteiger partial charge on any atom is 0.164 e. The lowest BCUT2D eigenvalue weighted by Gasteiger charge is -2.48. The van der Waals surface area contributed by atoms with Gasteiger partial charge in [0.2, 0.25) is 0 Å². The third kappa shape index (κ3) is 14.4. The third-order valence-electron chi connectivity index (χ3n) is 28.3. The fourth-order valence-electron chi connectivity index (χ4n) is 19.0. The minimum Gasteiger partial charge on any atom is -0.208 e. The average molecular weight is 1660 g/mol. The summed E-state index contributed by atoms with van der Waals surface area (Å²) in [5.74, 6) is 6.06. The maximum absolute atomic E-state index is 5.12. The second kappa shape index (κ2) is 32.0. The van der Waals surface area contributed by atoms with Crippen LogP contribution in [-0.4, -0.2) is 44.9 Å². The van der Waals surface area contributed by atoms with Crippen LogP contribution in [0.3, 0.4) is 0 Å². The Morgan fingerprint density at radius 3 is 0.835 bits per heavy atom. The molecule has 0 fully saturated rings. The number of hydrogen-bond donors (Lipinski definition) is 0. The lowest BCUT2D eigenvalue weighted by Crippen LogP contribution is -2.43. The fraction of sp³-hybridized carbons (Fsp3) is 0.154. The van der Waals surface area contributed by atoms with Crippen molar-refractivity contribution >= 4 is 31.5 Å². The van der Waals surface area contributed by atoms with Gasteiger partial charge >= 0.3 is 0 Å². The van der Waals surface area contributed by atoms with E-state index in [9.17, 15) is 0 Å². The first-order chi connectivity index (χ1) is 61.5. The molecule has 9 nitrogen and oxygen atoms in total. The van der Waals surface area contributed by atoms with Gasteiger partial charge < -0.3 is 0 Å². The Balaban J connectivity index is 0.000000120. The zero-order valence-corrected chi connectivity index (χ0v) is 74.5. The first kappa shape index (κ1) is 80.9. The molecule has 19 aromatic rings. The highest BCUT2D eigenvalue weighted by Crippen LogP contribution is 2.58. The summed E-state index contributed by atoms with van der Waals surface area (Å²) in [5.41, 5.74) is 29.2. The molecule has 3 aliphatic rings. The standard InChI is InChI=1S/C39H31N3S.2C39H33N3/c1-38(2)31-16-10-8-14-27(31)29-22-25(18-20-32(29)39(38,3)4)36-40-35(24-12-6-5-7-13-24)41-37(42-36)26-19-21-34-30(23-26)28-15-9-11-17-33(28)43-34;1-38(2)33-21-12-11-20-31(33)32-23-22-29(25-34(32)39(38,3)4)28-18-13-19-30(24-28)37-41-35(26-14-7-5-8-15-26)40-36(42-37)27-16-9-6-10-17-27;1-38(2)33-18-12-11-17-31(33)32-24-23-30(25-34(32)39(38,3)4)37-41-35(28-15-9-6-10-16-28)40-36(42-37)29-21-19-27(20-22-29)26-13-7-5-8-14-26/h5-23H,1-4H3;2*5-25H,1-4H3. The molecule has 4 heterocycles. The van der Waals surface area contributed by atoms with Crippen molar-refractivity contribution < 1.29 is 0 Å². The minimum atomic E-state index is -0.0991. The second-order valence-corrected chi connectivity index (χ2v) is 38.0. The van der Waals surface area contributed by atoms with Crippen LogP contribution < -0.4 is 0 Å². The first-order valence-corrected chi connectivity index (χ1v) is 44.7. The SMILES string of the molecule is CC1(C)c2ccccc2-c2cc(-c3nc(-c4ccccc4)nc(-c4ccc5sc6ccccc6c5c4)n3)ccc2C1(C)C.CC1(C)c2ccccc2-c2ccc(-c3cccc(-c4nc(-c5ccccc5)nc(-c5ccccc5)n4)c3)cc2C1(C)C.CC1(C)c2ccccc2-c2ccc(-c3nc(-c4ccccc4)nc(-c4ccc(-c5ccccc5)cc4)n3)cc2C1(C)C. The molecule has 0 unspecified atom stereocenters. The number of benzene rings is 15. The summed E-state index contributed by atoms with van der Waals surface area (Å²) in [6.45, 7) is 28.4. The van der Waals surface area contributed by atoms with Crippen LogP contribution in [0.2, 0.25) is 0 Å². The minimum absolute atomic E-state index is 0.0103. The quantitative estimate of drug-likeness (QED) is 0.125. The van der Waals surface area contributed by atoms with E-state index in [0.717, 1.165) is 61.2 Å². The van der Waals surface area contributed by atoms with E-state index in [4.69, 9.17) is 44.9 Å². The van der Waals surface area contributed by atoms with E-state index in [1.807, 2.05) is 114 Å². The van der Waals surface area contributed by atoms with Crippen molar-refractivity contribution in [3.8, 4) is 158 Å². The Morgan fingerprint density at radius 2 is 0.394 bits per heavy atom. The van der Waals surface area contributed by atoms with Gasteiger partial charge in [-0.2, -0.15) is 0 Å². The highest BCUT2D eigenvalue weighted by Gasteiger charge is 2.49. The molecule has 0 saturated heterocycles. The van der Waals surface area contributed by atoms with Crippen molar-refractivity contribution in [1.29, 1.82) is 0 Å². The number of aromatic nitrogens is 9. The van der Waals surface area contributed by atoms with Gasteiger partial charge in [-0.15, -0.1) is 11.3 Å². The first-order valence-electron chi connectivity index (χ1n) is 43.9. The van der Waals surface area contributed by atoms with E-state index in [1.54, 1.807) is 0 Å². The van der Waals surface area contributed by atoms with E-state index >= 15 is 0 Å². The predicted octanol–water partition coefficient (Wildman–Crippen LogP) is 30.0. The van der Waals surface area contributed by atoms with Crippen LogP contribution in [0.15, 0.2) is 370 Å². The summed E-state index contributed by atoms with van der Waals surface area (Å²) in [5, 5.41) is 2.50. The van der Waals surface area contributed by atoms with Crippen molar-refractivity contribution in [2.75, 3.05) is 0 Å². The lowest BCUT2D eigenvalue weighted by molar-refractivity contribution is 0.299. The van der Waals surface area contributed by atoms with Gasteiger partial charge in [0.05, 0.1) is 0 Å². The molecule has 4 aromatic heterocycles. The van der Waals surface area contributed by atoms with Crippen LogP contribution in [0.4, 0.5) is 0 Å². The Kier molecular flexibility index (Phi) is 20.4. The molecule has 3 aliphatic carbocycles. The topological polar surface area (TPSA) is 116 Å².